The van der Waals surface area contributed by atoms with Crippen LogP contribution < -0.4 is 20.9 Å². The second-order valence-electron chi connectivity index (χ2n) is 13.4. The molecule has 49 heavy (non-hydrogen) atoms. The fourth-order valence-electron chi connectivity index (χ4n) is 8.78. The number of thioether (sulfide) groups is 1. The van der Waals surface area contributed by atoms with Crippen LogP contribution in [0.25, 0.3) is 49.2 Å². The average Bonchev–Trinajstić information content (AvgIpc) is 3.54. The Morgan fingerprint density at radius 2 is 1.67 bits per heavy atom. The van der Waals surface area contributed by atoms with Gasteiger partial charge in [-0.25, -0.2) is 0 Å². The normalized spacial score (nSPS) is 16.5. The molecule has 0 heterocycles. The lowest BCUT2D eigenvalue weighted by atomic mass is 9.78. The lowest BCUT2D eigenvalue weighted by molar-refractivity contribution is -0.117. The zero-order chi connectivity index (χ0) is 34.9. The summed E-state index contributed by atoms with van der Waals surface area (Å²) < 4.78 is 5.85. The molecule has 7 rings (SSSR count). The van der Waals surface area contributed by atoms with Gasteiger partial charge in [0, 0.05) is 44.2 Å². The molecule has 1 atom stereocenters. The van der Waals surface area contributed by atoms with Gasteiger partial charge < -0.3 is 30.5 Å². The largest absolute Gasteiger partial charge is 0.504 e. The van der Waals surface area contributed by atoms with Crippen molar-refractivity contribution in [2.75, 3.05) is 24.8 Å². The number of anilines is 1. The third-order valence-corrected chi connectivity index (χ3v) is 11.7. The highest BCUT2D eigenvalue weighted by Gasteiger charge is 2.37. The molecule has 0 aromatic heterocycles. The Morgan fingerprint density at radius 1 is 0.959 bits per heavy atom. The van der Waals surface area contributed by atoms with Gasteiger partial charge in [0.05, 0.1) is 49.3 Å². The Labute approximate surface area is 287 Å². The highest BCUT2D eigenvalue weighted by Crippen LogP contribution is 2.56. The van der Waals surface area contributed by atoms with Gasteiger partial charge in [0.1, 0.15) is 5.78 Å². The molecule has 2 aliphatic carbocycles. The monoisotopic (exact) mass is 683 g/mol. The van der Waals surface area contributed by atoms with Crippen molar-refractivity contribution in [3.05, 3.63) is 59.9 Å². The first-order valence-corrected chi connectivity index (χ1v) is 18.0. The maximum absolute atomic E-state index is 15.1. The first kappa shape index (κ1) is 33.5. The van der Waals surface area contributed by atoms with Crippen LogP contribution in [0.15, 0.2) is 26.1 Å². The number of ketones is 1. The number of aliphatic hydroxyl groups excluding tert-OH is 3. The van der Waals surface area contributed by atoms with E-state index in [0.717, 1.165) is 25.7 Å². The minimum Gasteiger partial charge on any atom is -0.504 e. The molecule has 1 saturated carbocycles. The van der Waals surface area contributed by atoms with Gasteiger partial charge >= 0.3 is 0 Å². The molecule has 1 unspecified atom stereocenters. The summed E-state index contributed by atoms with van der Waals surface area (Å²) in [6, 6.07) is 1.40. The van der Waals surface area contributed by atoms with E-state index < -0.39 is 30.3 Å². The van der Waals surface area contributed by atoms with Gasteiger partial charge in [0.15, 0.2) is 22.4 Å². The van der Waals surface area contributed by atoms with Crippen molar-refractivity contribution in [3.8, 4) is 11.5 Å². The molecule has 256 valence electrons. The number of ether oxygens (including phenoxy) is 1. The van der Waals surface area contributed by atoms with E-state index in [-0.39, 0.29) is 40.6 Å². The highest BCUT2D eigenvalue weighted by molar-refractivity contribution is 7.99. The number of aliphatic hydroxyl groups is 3. The Kier molecular flexibility index (Phi) is 8.71. The number of hydrogen-bond donors (Lipinski definition) is 5. The molecule has 0 radical (unpaired) electrons. The summed E-state index contributed by atoms with van der Waals surface area (Å²) in [5, 5.41) is 51.1. The predicted molar refractivity (Wildman–Crippen MR) is 196 cm³/mol. The fraction of sp³-hybridized carbons (Fsp3) is 0.410. The maximum Gasteiger partial charge on any atom is 0.192 e. The van der Waals surface area contributed by atoms with Crippen LogP contribution in [-0.4, -0.2) is 51.7 Å². The molecule has 2 aliphatic rings. The molecule has 1 fully saturated rings. The number of phenolic OH excluding ortho intramolecular Hbond substituents is 1. The molecule has 9 nitrogen and oxygen atoms in total. The van der Waals surface area contributed by atoms with Crippen molar-refractivity contribution in [1.82, 2.24) is 0 Å². The lowest BCUT2D eigenvalue weighted by Crippen LogP contribution is -2.21. The summed E-state index contributed by atoms with van der Waals surface area (Å²) in [7, 11) is 1.40. The van der Waals surface area contributed by atoms with E-state index in [1.807, 2.05) is 19.9 Å². The minimum absolute atomic E-state index is 0.0146. The van der Waals surface area contributed by atoms with Crippen LogP contribution in [0.1, 0.15) is 86.6 Å². The number of methoxy groups -OCH3 is 1. The van der Waals surface area contributed by atoms with Crippen molar-refractivity contribution < 1.29 is 30.0 Å². The second kappa shape index (κ2) is 12.7. The van der Waals surface area contributed by atoms with Crippen molar-refractivity contribution in [2.45, 2.75) is 89.4 Å². The average molecular weight is 684 g/mol. The molecule has 0 aliphatic heterocycles. The molecule has 0 spiro atoms. The van der Waals surface area contributed by atoms with E-state index in [4.69, 9.17) is 4.74 Å². The number of carbonyl (C=O) groups excluding carboxylic acids is 1. The Hall–Kier alpha value is -3.96. The van der Waals surface area contributed by atoms with Gasteiger partial charge in [-0.05, 0) is 71.8 Å². The third kappa shape index (κ3) is 4.75. The quantitative estimate of drug-likeness (QED) is 0.0630. The minimum atomic E-state index is -0.859. The van der Waals surface area contributed by atoms with E-state index in [1.54, 1.807) is 0 Å². The van der Waals surface area contributed by atoms with Crippen LogP contribution >= 0.6 is 11.8 Å². The number of carbonyl (C=O) groups is 1. The number of allylic oxidation sites excluding steroid dienone is 1. The molecular formula is C39H41NO8S. The van der Waals surface area contributed by atoms with Crippen molar-refractivity contribution in [1.29, 1.82) is 0 Å². The number of fused-ring (bicyclic) bond motifs is 1. The molecule has 0 amide bonds. The van der Waals surface area contributed by atoms with Crippen LogP contribution in [0.4, 0.5) is 5.69 Å². The van der Waals surface area contributed by atoms with E-state index in [0.29, 0.717) is 94.7 Å². The molecular weight excluding hydrogens is 642 g/mol. The van der Waals surface area contributed by atoms with E-state index in [2.05, 4.69) is 5.32 Å². The van der Waals surface area contributed by atoms with Crippen LogP contribution in [0, 0.1) is 0 Å². The molecule has 5 N–H and O–H groups in total. The summed E-state index contributed by atoms with van der Waals surface area (Å²) >= 11 is 1.35. The highest BCUT2D eigenvalue weighted by atomic mass is 32.2. The molecule has 5 aromatic rings. The number of phenols is 1. The number of nitrogens with one attached hydrogen (secondary N) is 1. The Bertz CT molecular complexity index is 2330. The van der Waals surface area contributed by atoms with Gasteiger partial charge in [-0.15, -0.1) is 11.8 Å². The smallest absolute Gasteiger partial charge is 0.192 e. The zero-order valence-electron chi connectivity index (χ0n) is 28.2. The zero-order valence-corrected chi connectivity index (χ0v) is 29.0. The van der Waals surface area contributed by atoms with Crippen LogP contribution in [0.5, 0.6) is 11.5 Å². The van der Waals surface area contributed by atoms with Gasteiger partial charge in [0.25, 0.3) is 0 Å². The predicted octanol–water partition coefficient (Wildman–Crippen LogP) is 6.08. The number of hydrogen-bond acceptors (Lipinski definition) is 10. The van der Waals surface area contributed by atoms with Gasteiger partial charge in [-0.1, -0.05) is 37.8 Å². The topological polar surface area (TPSA) is 153 Å². The molecule has 0 saturated heterocycles. The van der Waals surface area contributed by atoms with Crippen molar-refractivity contribution >= 4 is 72.4 Å². The standard InChI is InChI=1S/C39H41NO8S/c1-5-8-21-22-13-17(2)25(18(3)44)33-32-27(22)31-28(26-19(15-42)14-24(45)29(30(26)32)37(47)38(33)48-4)23(16-43)39(49-12-11-41)35(34(31)36(21)46)40-20-9-6-7-10-20/h13-14,20,25,40-43,47H,5-12,15-16H2,1-4H3. The Morgan fingerprint density at radius 3 is 2.29 bits per heavy atom. The fourth-order valence-corrected chi connectivity index (χ4v) is 9.72. The number of Topliss-reactive ketones (excluding diaryl/α,β-unsaturated/α-hetero) is 1. The first-order chi connectivity index (χ1) is 23.6. The third-order valence-electron chi connectivity index (χ3n) is 10.6. The number of aromatic hydroxyl groups is 1. The second-order valence-corrected chi connectivity index (χ2v) is 14.5. The van der Waals surface area contributed by atoms with Crippen molar-refractivity contribution in [2.24, 2.45) is 0 Å². The van der Waals surface area contributed by atoms with Crippen LogP contribution in [0.2, 0.25) is 0 Å². The summed E-state index contributed by atoms with van der Waals surface area (Å²) in [6.07, 6.45) is 6.98. The summed E-state index contributed by atoms with van der Waals surface area (Å²) in [5.74, 6) is -1.13. The van der Waals surface area contributed by atoms with Crippen LogP contribution in [0.3, 0.4) is 0 Å². The summed E-state index contributed by atoms with van der Waals surface area (Å²) in [6.45, 7) is 4.23. The summed E-state index contributed by atoms with van der Waals surface area (Å²) in [5.41, 5.74) is 3.02. The van der Waals surface area contributed by atoms with Crippen molar-refractivity contribution in [3.63, 3.8) is 0 Å². The summed E-state index contributed by atoms with van der Waals surface area (Å²) in [4.78, 5) is 43.3. The first-order valence-electron chi connectivity index (χ1n) is 17.0. The van der Waals surface area contributed by atoms with Gasteiger partial charge in [-0.3, -0.25) is 14.4 Å². The van der Waals surface area contributed by atoms with E-state index in [9.17, 15) is 30.0 Å². The molecule has 5 aromatic carbocycles. The number of benzene rings is 5. The SMILES string of the molecule is CCCc1c2c3c4c(c(OC)c(O)c5c(=O)cc(CO)c(c6c(CO)c(SCCO)c(NC7CCCC7)c(c1=O)c36)c54)C(C(C)=O)C(C)=C2. The Balaban J connectivity index is 1.93. The molecule has 0 bridgehead atoms. The lowest BCUT2D eigenvalue weighted by Gasteiger charge is -2.28. The maximum atomic E-state index is 15.1. The molecule has 10 heteroatoms. The number of rotatable bonds is 11. The van der Waals surface area contributed by atoms with E-state index >= 15 is 4.79 Å². The van der Waals surface area contributed by atoms with Gasteiger partial charge in [0.2, 0.25) is 0 Å². The van der Waals surface area contributed by atoms with Gasteiger partial charge in [-0.2, -0.15) is 0 Å². The van der Waals surface area contributed by atoms with Crippen LogP contribution in [-0.2, 0) is 24.4 Å². The van der Waals surface area contributed by atoms with E-state index in [1.165, 1.54) is 31.9 Å².